The second-order valence-electron chi connectivity index (χ2n) is 8.65. The summed E-state index contributed by atoms with van der Waals surface area (Å²) in [6.45, 7) is 0. The van der Waals surface area contributed by atoms with Gasteiger partial charge in [0.25, 0.3) is 0 Å². The van der Waals surface area contributed by atoms with Crippen LogP contribution in [0.2, 0.25) is 5.15 Å². The Bertz CT molecular complexity index is 1570. The van der Waals surface area contributed by atoms with Crippen LogP contribution in [0, 0.1) is 0 Å². The number of pyridine rings is 2. The second-order valence-corrected chi connectivity index (χ2v) is 9.04. The molecule has 0 saturated heterocycles. The Morgan fingerprint density at radius 3 is 1.76 bits per heavy atom. The van der Waals surface area contributed by atoms with Crippen LogP contribution < -0.4 is 4.74 Å². The number of ether oxygens (including phenoxy) is 1. The molecule has 0 saturated carbocycles. The summed E-state index contributed by atoms with van der Waals surface area (Å²) in [4.78, 5) is 8.69. The fraction of sp³-hybridized carbons (Fsp3) is 0.0645. The largest absolute Gasteiger partial charge is 0.480 e. The Balaban J connectivity index is 1.82. The number of hydrogen-bond donors (Lipinski definition) is 0. The summed E-state index contributed by atoms with van der Waals surface area (Å²) in [5, 5.41) is 6.52. The number of nitrogens with zero attached hydrogens (tertiary/aromatic N) is 4. The zero-order valence-corrected chi connectivity index (χ0v) is 20.9. The van der Waals surface area contributed by atoms with Gasteiger partial charge >= 0.3 is 0 Å². The molecule has 0 atom stereocenters. The second kappa shape index (κ2) is 9.52. The van der Waals surface area contributed by atoms with Crippen LogP contribution in [0.25, 0.3) is 22.2 Å². The predicted molar refractivity (Wildman–Crippen MR) is 147 cm³/mol. The van der Waals surface area contributed by atoms with Crippen molar-refractivity contribution in [3.63, 3.8) is 0 Å². The highest BCUT2D eigenvalue weighted by Gasteiger charge is 2.41. The Morgan fingerprint density at radius 2 is 1.24 bits per heavy atom. The number of fused-ring (bicyclic) bond motifs is 1. The molecule has 3 aromatic heterocycles. The lowest BCUT2D eigenvalue weighted by Gasteiger charge is -2.37. The number of methoxy groups -OCH3 is 1. The van der Waals surface area contributed by atoms with Crippen LogP contribution in [-0.4, -0.2) is 26.9 Å². The summed E-state index contributed by atoms with van der Waals surface area (Å²) in [6.07, 6.45) is 3.44. The summed E-state index contributed by atoms with van der Waals surface area (Å²) >= 11 is 6.31. The molecule has 0 bridgehead atoms. The molecule has 0 N–H and O–H groups in total. The zero-order chi connectivity index (χ0) is 25.2. The lowest BCUT2D eigenvalue weighted by molar-refractivity contribution is 0.403. The van der Waals surface area contributed by atoms with E-state index in [2.05, 4.69) is 87.4 Å². The van der Waals surface area contributed by atoms with Gasteiger partial charge in [-0.2, -0.15) is 5.10 Å². The first kappa shape index (κ1) is 23.0. The lowest BCUT2D eigenvalue weighted by Crippen LogP contribution is -2.38. The van der Waals surface area contributed by atoms with Crippen molar-refractivity contribution in [3.8, 4) is 17.1 Å². The van der Waals surface area contributed by atoms with E-state index in [1.807, 2.05) is 36.4 Å². The zero-order valence-electron chi connectivity index (χ0n) is 20.1. The van der Waals surface area contributed by atoms with E-state index in [0.717, 1.165) is 38.9 Å². The first-order chi connectivity index (χ1) is 18.2. The fourth-order valence-corrected chi connectivity index (χ4v) is 5.28. The Labute approximate surface area is 220 Å². The maximum absolute atomic E-state index is 6.31. The highest BCUT2D eigenvalue weighted by Crippen LogP contribution is 2.45. The molecule has 0 fully saturated rings. The molecule has 0 aliphatic rings. The van der Waals surface area contributed by atoms with Crippen LogP contribution in [0.5, 0.6) is 5.88 Å². The van der Waals surface area contributed by atoms with Crippen LogP contribution in [0.15, 0.2) is 122 Å². The summed E-state index contributed by atoms with van der Waals surface area (Å²) in [5.41, 5.74) is 4.87. The van der Waals surface area contributed by atoms with Crippen LogP contribution >= 0.6 is 11.6 Å². The molecule has 5 nitrogen and oxygen atoms in total. The van der Waals surface area contributed by atoms with Crippen molar-refractivity contribution in [1.82, 2.24) is 19.7 Å². The van der Waals surface area contributed by atoms with Crippen molar-refractivity contribution in [1.29, 1.82) is 0 Å². The SMILES string of the molecule is COc1nccc2c1c(-c1ccnc(Cl)c1)nn2C(c1ccccc1)(c1ccccc1)c1ccccc1. The Kier molecular flexibility index (Phi) is 5.91. The number of rotatable bonds is 6. The van der Waals surface area contributed by atoms with Gasteiger partial charge in [0.1, 0.15) is 16.4 Å². The van der Waals surface area contributed by atoms with E-state index < -0.39 is 5.54 Å². The molecule has 6 rings (SSSR count). The van der Waals surface area contributed by atoms with Gasteiger partial charge in [0.15, 0.2) is 0 Å². The minimum Gasteiger partial charge on any atom is -0.480 e. The van der Waals surface area contributed by atoms with Crippen molar-refractivity contribution < 1.29 is 4.74 Å². The van der Waals surface area contributed by atoms with Gasteiger partial charge in [0.05, 0.1) is 18.0 Å². The minimum absolute atomic E-state index is 0.392. The van der Waals surface area contributed by atoms with E-state index in [1.165, 1.54) is 0 Å². The van der Waals surface area contributed by atoms with Gasteiger partial charge in [-0.25, -0.2) is 14.6 Å². The number of hydrogen-bond acceptors (Lipinski definition) is 4. The van der Waals surface area contributed by atoms with Crippen molar-refractivity contribution in [2.24, 2.45) is 0 Å². The minimum atomic E-state index is -0.788. The quantitative estimate of drug-likeness (QED) is 0.182. The maximum Gasteiger partial charge on any atom is 0.224 e. The van der Waals surface area contributed by atoms with Crippen LogP contribution in [0.1, 0.15) is 16.7 Å². The van der Waals surface area contributed by atoms with Crippen molar-refractivity contribution in [3.05, 3.63) is 143 Å². The van der Waals surface area contributed by atoms with Crippen LogP contribution in [0.3, 0.4) is 0 Å². The monoisotopic (exact) mass is 502 g/mol. The smallest absolute Gasteiger partial charge is 0.224 e. The standard InChI is InChI=1S/C31H23ClN4O/c1-37-30-28-26(18-20-34-30)36(35-29(28)22-17-19-33-27(32)21-22)31(23-11-5-2-6-12-23,24-13-7-3-8-14-24)25-15-9-4-10-16-25/h2-21H,1H3. The molecule has 0 aliphatic heterocycles. The average molecular weight is 503 g/mol. The molecule has 0 amide bonds. The number of aromatic nitrogens is 4. The van der Waals surface area contributed by atoms with Gasteiger partial charge in [-0.05, 0) is 34.9 Å². The molecule has 0 spiro atoms. The molecular weight excluding hydrogens is 480 g/mol. The highest BCUT2D eigenvalue weighted by molar-refractivity contribution is 6.29. The highest BCUT2D eigenvalue weighted by atomic mass is 35.5. The Hall–Kier alpha value is -4.48. The van der Waals surface area contributed by atoms with Gasteiger partial charge in [-0.3, -0.25) is 0 Å². The molecule has 37 heavy (non-hydrogen) atoms. The molecule has 0 unspecified atom stereocenters. The van der Waals surface area contributed by atoms with E-state index >= 15 is 0 Å². The summed E-state index contributed by atoms with van der Waals surface area (Å²) < 4.78 is 7.84. The van der Waals surface area contributed by atoms with E-state index in [0.29, 0.717) is 11.0 Å². The van der Waals surface area contributed by atoms with E-state index in [-0.39, 0.29) is 0 Å². The topological polar surface area (TPSA) is 52.8 Å². The fourth-order valence-electron chi connectivity index (χ4n) is 5.10. The van der Waals surface area contributed by atoms with Crippen molar-refractivity contribution in [2.45, 2.75) is 5.54 Å². The first-order valence-electron chi connectivity index (χ1n) is 11.9. The van der Waals surface area contributed by atoms with Crippen molar-refractivity contribution in [2.75, 3.05) is 7.11 Å². The number of halogens is 1. The molecule has 0 aliphatic carbocycles. The molecule has 3 aromatic carbocycles. The Morgan fingerprint density at radius 1 is 0.703 bits per heavy atom. The molecular formula is C31H23ClN4O. The van der Waals surface area contributed by atoms with Crippen molar-refractivity contribution >= 4 is 22.5 Å². The van der Waals surface area contributed by atoms with Gasteiger partial charge in [-0.1, -0.05) is 103 Å². The van der Waals surface area contributed by atoms with Gasteiger partial charge in [0, 0.05) is 18.0 Å². The molecule has 6 heteroatoms. The first-order valence-corrected chi connectivity index (χ1v) is 12.3. The van der Waals surface area contributed by atoms with Crippen LogP contribution in [-0.2, 0) is 5.54 Å². The summed E-state index contributed by atoms with van der Waals surface area (Å²) in [6, 6.07) is 37.1. The molecule has 6 aromatic rings. The van der Waals surface area contributed by atoms with Gasteiger partial charge in [0.2, 0.25) is 5.88 Å². The number of benzene rings is 3. The molecule has 3 heterocycles. The van der Waals surface area contributed by atoms with Crippen LogP contribution in [0.4, 0.5) is 0 Å². The van der Waals surface area contributed by atoms with Gasteiger partial charge in [-0.15, -0.1) is 0 Å². The third kappa shape index (κ3) is 3.76. The van der Waals surface area contributed by atoms with E-state index in [4.69, 9.17) is 21.4 Å². The third-order valence-corrected chi connectivity index (χ3v) is 6.85. The summed E-state index contributed by atoms with van der Waals surface area (Å²) in [7, 11) is 1.63. The third-order valence-electron chi connectivity index (χ3n) is 6.64. The van der Waals surface area contributed by atoms with E-state index in [9.17, 15) is 0 Å². The lowest BCUT2D eigenvalue weighted by atomic mass is 9.77. The molecule has 180 valence electrons. The maximum atomic E-state index is 6.31. The average Bonchev–Trinajstić information content (AvgIpc) is 3.36. The van der Waals surface area contributed by atoms with E-state index in [1.54, 1.807) is 19.5 Å². The molecule has 0 radical (unpaired) electrons. The van der Waals surface area contributed by atoms with Gasteiger partial charge < -0.3 is 4.74 Å². The summed E-state index contributed by atoms with van der Waals surface area (Å²) in [5.74, 6) is 0.495. The predicted octanol–water partition coefficient (Wildman–Crippen LogP) is 7.00. The normalized spacial score (nSPS) is 11.5.